The van der Waals surface area contributed by atoms with Gasteiger partial charge in [0.15, 0.2) is 0 Å². The topological polar surface area (TPSA) is 73.0 Å². The van der Waals surface area contributed by atoms with Gasteiger partial charge in [-0.2, -0.15) is 12.7 Å². The molecule has 9 heteroatoms. The molecule has 2 atom stereocenters. The normalized spacial score (nSPS) is 19.0. The van der Waals surface area contributed by atoms with Crippen LogP contribution in [0, 0.1) is 17.7 Å². The molecule has 1 aliphatic heterocycles. The Balaban J connectivity index is 1.59. The van der Waals surface area contributed by atoms with Gasteiger partial charge in [0.05, 0.1) is 12.2 Å². The smallest absolute Gasteiger partial charge is 0.303 e. The third-order valence-electron chi connectivity index (χ3n) is 6.28. The molecule has 0 bridgehead atoms. The van der Waals surface area contributed by atoms with Crippen LogP contribution in [0.1, 0.15) is 42.6 Å². The molecule has 1 aliphatic rings. The Kier molecular flexibility index (Phi) is 9.27. The number of hydrogen-bond donors (Lipinski definition) is 1. The van der Waals surface area contributed by atoms with Crippen molar-refractivity contribution in [1.82, 2.24) is 14.5 Å². The second-order valence-corrected chi connectivity index (χ2v) is 11.8. The van der Waals surface area contributed by atoms with Gasteiger partial charge in [0.2, 0.25) is 0 Å². The molecule has 1 saturated heterocycles. The van der Waals surface area contributed by atoms with E-state index in [4.69, 9.17) is 0 Å². The summed E-state index contributed by atoms with van der Waals surface area (Å²) in [7, 11) is -1.12. The van der Waals surface area contributed by atoms with Crippen LogP contribution in [0.4, 0.5) is 10.1 Å². The number of amides is 1. The number of piperidine rings is 1. The summed E-state index contributed by atoms with van der Waals surface area (Å²) in [6, 6.07) is 12.5. The average Bonchev–Trinajstić information content (AvgIpc) is 2.80. The Labute approximate surface area is 209 Å². The van der Waals surface area contributed by atoms with Crippen molar-refractivity contribution in [3.63, 3.8) is 0 Å². The van der Waals surface area contributed by atoms with Crippen LogP contribution in [-0.2, 0) is 16.8 Å². The van der Waals surface area contributed by atoms with E-state index in [-0.39, 0.29) is 18.1 Å². The standard InChI is InChI=1S/C26H37FN4O3S/c1-20-16-21(2)18-30(17-20)15-7-14-28-26(32)23-12-10-22(11-13-23)19-31(35(33,34)29(3)4)25-9-6-5-8-24(25)27/h5-6,8-13,20-21H,7,14-19H2,1-4H3,(H,28,32). The zero-order valence-corrected chi connectivity index (χ0v) is 21.9. The Morgan fingerprint density at radius 2 is 1.69 bits per heavy atom. The van der Waals surface area contributed by atoms with Gasteiger partial charge in [0, 0.05) is 39.3 Å². The van der Waals surface area contributed by atoms with Gasteiger partial charge in [0.1, 0.15) is 5.82 Å². The summed E-state index contributed by atoms with van der Waals surface area (Å²) in [4.78, 5) is 15.0. The number of nitrogens with one attached hydrogen (secondary N) is 1. The van der Waals surface area contributed by atoms with Crippen LogP contribution >= 0.6 is 0 Å². The van der Waals surface area contributed by atoms with Gasteiger partial charge >= 0.3 is 10.2 Å². The molecule has 1 amide bonds. The molecule has 0 saturated carbocycles. The molecular formula is C26H37FN4O3S. The van der Waals surface area contributed by atoms with Crippen LogP contribution in [-0.4, -0.2) is 63.8 Å². The van der Waals surface area contributed by atoms with Gasteiger partial charge in [-0.25, -0.2) is 4.39 Å². The Bertz CT molecular complexity index is 1080. The molecule has 7 nitrogen and oxygen atoms in total. The highest BCUT2D eigenvalue weighted by atomic mass is 32.2. The van der Waals surface area contributed by atoms with E-state index in [0.717, 1.165) is 34.7 Å². The fraction of sp³-hybridized carbons (Fsp3) is 0.500. The lowest BCUT2D eigenvalue weighted by atomic mass is 9.92. The molecule has 2 unspecified atom stereocenters. The predicted molar refractivity (Wildman–Crippen MR) is 138 cm³/mol. The van der Waals surface area contributed by atoms with Crippen LogP contribution in [0.3, 0.4) is 0 Å². The Morgan fingerprint density at radius 3 is 2.29 bits per heavy atom. The fourth-order valence-corrected chi connectivity index (χ4v) is 5.75. The van der Waals surface area contributed by atoms with Crippen molar-refractivity contribution < 1.29 is 17.6 Å². The molecule has 1 fully saturated rings. The highest BCUT2D eigenvalue weighted by molar-refractivity contribution is 7.90. The molecule has 2 aromatic carbocycles. The monoisotopic (exact) mass is 504 g/mol. The van der Waals surface area contributed by atoms with E-state index in [1.165, 1.54) is 38.7 Å². The molecule has 0 spiro atoms. The van der Waals surface area contributed by atoms with E-state index in [0.29, 0.717) is 29.5 Å². The summed E-state index contributed by atoms with van der Waals surface area (Å²) in [5.41, 5.74) is 1.12. The largest absolute Gasteiger partial charge is 0.352 e. The third kappa shape index (κ3) is 7.25. The van der Waals surface area contributed by atoms with Crippen LogP contribution in [0.2, 0.25) is 0 Å². The average molecular weight is 505 g/mol. The number of para-hydroxylation sites is 1. The van der Waals surface area contributed by atoms with Crippen LogP contribution in [0.25, 0.3) is 0 Å². The lowest BCUT2D eigenvalue weighted by molar-refractivity contribution is 0.0947. The molecule has 1 heterocycles. The maximum absolute atomic E-state index is 14.4. The summed E-state index contributed by atoms with van der Waals surface area (Å²) < 4.78 is 42.3. The SMILES string of the molecule is CC1CC(C)CN(CCCNC(=O)c2ccc(CN(c3ccccc3F)S(=O)(=O)N(C)C)cc2)C1. The van der Waals surface area contributed by atoms with Crippen molar-refractivity contribution >= 4 is 21.8 Å². The minimum absolute atomic E-state index is 0.0273. The molecule has 192 valence electrons. The number of benzene rings is 2. The van der Waals surface area contributed by atoms with Gasteiger partial charge in [-0.3, -0.25) is 9.10 Å². The third-order valence-corrected chi connectivity index (χ3v) is 8.09. The van der Waals surface area contributed by atoms with Crippen LogP contribution in [0.5, 0.6) is 0 Å². The number of halogens is 1. The van der Waals surface area contributed by atoms with Gasteiger partial charge in [-0.15, -0.1) is 0 Å². The highest BCUT2D eigenvalue weighted by Gasteiger charge is 2.27. The molecular weight excluding hydrogens is 467 g/mol. The number of hydrogen-bond acceptors (Lipinski definition) is 4. The van der Waals surface area contributed by atoms with E-state index < -0.39 is 16.0 Å². The summed E-state index contributed by atoms with van der Waals surface area (Å²) in [5.74, 6) is 0.647. The number of nitrogens with zero attached hydrogens (tertiary/aromatic N) is 3. The molecule has 2 aromatic rings. The fourth-order valence-electron chi connectivity index (χ4n) is 4.65. The van der Waals surface area contributed by atoms with Crippen molar-refractivity contribution in [2.75, 3.05) is 44.6 Å². The highest BCUT2D eigenvalue weighted by Crippen LogP contribution is 2.25. The molecule has 1 N–H and O–H groups in total. The first-order valence-corrected chi connectivity index (χ1v) is 13.5. The van der Waals surface area contributed by atoms with Crippen molar-refractivity contribution in [3.8, 4) is 0 Å². The summed E-state index contributed by atoms with van der Waals surface area (Å²) in [6.07, 6.45) is 2.17. The van der Waals surface area contributed by atoms with Gasteiger partial charge in [-0.1, -0.05) is 38.1 Å². The number of likely N-dealkylation sites (tertiary alicyclic amines) is 1. The van der Waals surface area contributed by atoms with E-state index in [9.17, 15) is 17.6 Å². The summed E-state index contributed by atoms with van der Waals surface area (Å²) >= 11 is 0. The van der Waals surface area contributed by atoms with Crippen molar-refractivity contribution in [3.05, 3.63) is 65.5 Å². The van der Waals surface area contributed by atoms with Gasteiger partial charge in [-0.05, 0) is 61.1 Å². The summed E-state index contributed by atoms with van der Waals surface area (Å²) in [5, 5.41) is 2.97. The second-order valence-electron chi connectivity index (χ2n) is 9.76. The number of carbonyl (C=O) groups excluding carboxylic acids is 1. The number of anilines is 1. The zero-order chi connectivity index (χ0) is 25.6. The van der Waals surface area contributed by atoms with Crippen molar-refractivity contribution in [2.24, 2.45) is 11.8 Å². The van der Waals surface area contributed by atoms with E-state index in [1.54, 1.807) is 30.3 Å². The minimum Gasteiger partial charge on any atom is -0.352 e. The van der Waals surface area contributed by atoms with Crippen LogP contribution < -0.4 is 9.62 Å². The minimum atomic E-state index is -3.93. The number of carbonyl (C=O) groups is 1. The van der Waals surface area contributed by atoms with Crippen LogP contribution in [0.15, 0.2) is 48.5 Å². The maximum atomic E-state index is 14.4. The molecule has 0 aliphatic carbocycles. The Morgan fingerprint density at radius 1 is 1.06 bits per heavy atom. The van der Waals surface area contributed by atoms with E-state index in [2.05, 4.69) is 24.1 Å². The predicted octanol–water partition coefficient (Wildman–Crippen LogP) is 3.74. The van der Waals surface area contributed by atoms with Crippen molar-refractivity contribution in [2.45, 2.75) is 33.2 Å². The lowest BCUT2D eigenvalue weighted by Gasteiger charge is -2.34. The first kappa shape index (κ1) is 27.1. The molecule has 0 radical (unpaired) electrons. The zero-order valence-electron chi connectivity index (χ0n) is 21.1. The van der Waals surface area contributed by atoms with Gasteiger partial charge < -0.3 is 10.2 Å². The first-order valence-electron chi connectivity index (χ1n) is 12.1. The number of rotatable bonds is 10. The van der Waals surface area contributed by atoms with E-state index in [1.807, 2.05) is 0 Å². The first-order chi connectivity index (χ1) is 16.6. The molecule has 35 heavy (non-hydrogen) atoms. The lowest BCUT2D eigenvalue weighted by Crippen LogP contribution is -2.40. The summed E-state index contributed by atoms with van der Waals surface area (Å²) in [6.45, 7) is 8.33. The quantitative estimate of drug-likeness (QED) is 0.501. The van der Waals surface area contributed by atoms with Gasteiger partial charge in [0.25, 0.3) is 5.91 Å². The van der Waals surface area contributed by atoms with Crippen molar-refractivity contribution in [1.29, 1.82) is 0 Å². The molecule has 0 aromatic heterocycles. The maximum Gasteiger partial charge on any atom is 0.303 e. The second kappa shape index (κ2) is 12.0. The Hall–Kier alpha value is -2.49. The molecule has 3 rings (SSSR count). The van der Waals surface area contributed by atoms with E-state index >= 15 is 0 Å².